The van der Waals surface area contributed by atoms with Gasteiger partial charge in [-0.3, -0.25) is 9.69 Å². The zero-order valence-electron chi connectivity index (χ0n) is 19.7. The molecule has 2 aromatic rings. The Hall–Kier alpha value is -2.94. The Labute approximate surface area is 202 Å². The maximum atomic E-state index is 13.8. The first kappa shape index (κ1) is 26.7. The number of rotatable bonds is 3. The summed E-state index contributed by atoms with van der Waals surface area (Å²) >= 11 is 0. The highest BCUT2D eigenvalue weighted by atomic mass is 19.4. The fourth-order valence-corrected chi connectivity index (χ4v) is 4.70. The molecule has 0 saturated carbocycles. The van der Waals surface area contributed by atoms with E-state index in [1.165, 1.54) is 18.9 Å². The van der Waals surface area contributed by atoms with Crippen LogP contribution in [0.5, 0.6) is 0 Å². The predicted molar refractivity (Wildman–Crippen MR) is 123 cm³/mol. The van der Waals surface area contributed by atoms with Crippen molar-refractivity contribution in [1.82, 2.24) is 9.80 Å². The lowest BCUT2D eigenvalue weighted by Crippen LogP contribution is -2.48. The topological polar surface area (TPSA) is 60.9 Å². The lowest BCUT2D eigenvalue weighted by atomic mass is 9.71. The van der Waals surface area contributed by atoms with E-state index >= 15 is 0 Å². The van der Waals surface area contributed by atoms with Crippen molar-refractivity contribution in [3.05, 3.63) is 71.0 Å². The molecular weight excluding hydrogens is 464 g/mol. The number of hydrogen-bond acceptors (Lipinski definition) is 3. The summed E-state index contributed by atoms with van der Waals surface area (Å²) in [6, 6.07) is 15.0. The van der Waals surface area contributed by atoms with Gasteiger partial charge in [-0.15, -0.1) is 0 Å². The highest BCUT2D eigenvalue weighted by Gasteiger charge is 2.39. The van der Waals surface area contributed by atoms with Gasteiger partial charge in [-0.25, -0.2) is 9.18 Å². The van der Waals surface area contributed by atoms with Crippen LogP contribution in [-0.2, 0) is 11.3 Å². The molecule has 0 aromatic heterocycles. The minimum absolute atomic E-state index is 0.110. The van der Waals surface area contributed by atoms with Gasteiger partial charge in [0.2, 0.25) is 0 Å². The molecule has 9 heteroatoms. The third kappa shape index (κ3) is 7.04. The molecule has 2 heterocycles. The number of likely N-dealkylation sites (tertiary alicyclic amines) is 2. The Morgan fingerprint density at radius 1 is 0.914 bits per heavy atom. The van der Waals surface area contributed by atoms with Crippen molar-refractivity contribution in [3.8, 4) is 0 Å². The Bertz CT molecular complexity index is 1010. The van der Waals surface area contributed by atoms with Crippen molar-refractivity contribution in [3.63, 3.8) is 0 Å². The minimum atomic E-state index is -5.08. The summed E-state index contributed by atoms with van der Waals surface area (Å²) in [5, 5.41) is 7.12. The van der Waals surface area contributed by atoms with Crippen LogP contribution < -0.4 is 0 Å². The number of nitrogens with zero attached hydrogens (tertiary/aromatic N) is 2. The number of carbonyl (C=O) groups is 2. The standard InChI is InChI=1S/C24H29FN2O.C2HF3O2/c1-19-21(8-5-9-22(19)25)18-26-14-10-24(11-15-26)12-16-27(17-13-24)23(28)20-6-3-2-4-7-20;3-2(4,5)1(6)7/h2-9H,10-18H2,1H3;(H,6,7). The highest BCUT2D eigenvalue weighted by molar-refractivity contribution is 5.94. The molecule has 2 fully saturated rings. The number of carboxylic acid groups (broad SMARTS) is 1. The molecule has 190 valence electrons. The van der Waals surface area contributed by atoms with Crippen LogP contribution in [0.1, 0.15) is 47.2 Å². The second-order valence-corrected chi connectivity index (χ2v) is 9.26. The van der Waals surface area contributed by atoms with Crippen molar-refractivity contribution in [1.29, 1.82) is 0 Å². The molecule has 0 aliphatic carbocycles. The maximum absolute atomic E-state index is 13.8. The average Bonchev–Trinajstić information content (AvgIpc) is 2.84. The zero-order valence-corrected chi connectivity index (χ0v) is 19.7. The normalized spacial score (nSPS) is 18.0. The van der Waals surface area contributed by atoms with Gasteiger partial charge in [0.05, 0.1) is 0 Å². The molecule has 4 rings (SSSR count). The molecule has 1 N–H and O–H groups in total. The Balaban J connectivity index is 0.000000429. The molecule has 2 aliphatic heterocycles. The van der Waals surface area contributed by atoms with E-state index in [0.717, 1.165) is 62.3 Å². The summed E-state index contributed by atoms with van der Waals surface area (Å²) in [6.45, 7) is 6.53. The third-order valence-electron chi connectivity index (χ3n) is 7.07. The van der Waals surface area contributed by atoms with Crippen LogP contribution in [0, 0.1) is 18.2 Å². The Morgan fingerprint density at radius 3 is 2.00 bits per heavy atom. The van der Waals surface area contributed by atoms with Gasteiger partial charge in [0.15, 0.2) is 0 Å². The second kappa shape index (κ2) is 11.2. The Morgan fingerprint density at radius 2 is 1.46 bits per heavy atom. The minimum Gasteiger partial charge on any atom is -0.475 e. The third-order valence-corrected chi connectivity index (χ3v) is 7.07. The van der Waals surface area contributed by atoms with Crippen LogP contribution in [0.25, 0.3) is 0 Å². The van der Waals surface area contributed by atoms with Crippen molar-refractivity contribution >= 4 is 11.9 Å². The van der Waals surface area contributed by atoms with E-state index in [0.29, 0.717) is 5.41 Å². The molecule has 0 radical (unpaired) electrons. The lowest BCUT2D eigenvalue weighted by molar-refractivity contribution is -0.192. The zero-order chi connectivity index (χ0) is 25.6. The van der Waals surface area contributed by atoms with Crippen LogP contribution in [0.2, 0.25) is 0 Å². The number of aliphatic carboxylic acids is 1. The van der Waals surface area contributed by atoms with E-state index in [2.05, 4.69) is 4.90 Å². The van der Waals surface area contributed by atoms with Gasteiger partial charge in [0, 0.05) is 25.2 Å². The van der Waals surface area contributed by atoms with Gasteiger partial charge in [-0.2, -0.15) is 13.2 Å². The molecule has 0 atom stereocenters. The summed E-state index contributed by atoms with van der Waals surface area (Å²) < 4.78 is 45.5. The molecule has 1 spiro atoms. The van der Waals surface area contributed by atoms with Crippen molar-refractivity contribution in [2.75, 3.05) is 26.2 Å². The van der Waals surface area contributed by atoms with Crippen molar-refractivity contribution in [2.24, 2.45) is 5.41 Å². The number of halogens is 4. The largest absolute Gasteiger partial charge is 0.490 e. The SMILES string of the molecule is Cc1c(F)cccc1CN1CCC2(CC1)CCN(C(=O)c1ccccc1)CC2.O=C(O)C(F)(F)F. The molecule has 0 bridgehead atoms. The second-order valence-electron chi connectivity index (χ2n) is 9.26. The predicted octanol–water partition coefficient (Wildman–Crippen LogP) is 5.29. The average molecular weight is 495 g/mol. The highest BCUT2D eigenvalue weighted by Crippen LogP contribution is 2.41. The molecular formula is C26H30F4N2O3. The van der Waals surface area contributed by atoms with E-state index in [4.69, 9.17) is 9.90 Å². The fraction of sp³-hybridized carbons (Fsp3) is 0.462. The number of benzene rings is 2. The molecule has 0 unspecified atom stereocenters. The monoisotopic (exact) mass is 494 g/mol. The summed E-state index contributed by atoms with van der Waals surface area (Å²) in [5.41, 5.74) is 3.04. The first-order valence-electron chi connectivity index (χ1n) is 11.6. The van der Waals surface area contributed by atoms with E-state index in [9.17, 15) is 22.4 Å². The molecule has 35 heavy (non-hydrogen) atoms. The van der Waals surface area contributed by atoms with Crippen molar-refractivity contribution < 1.29 is 32.3 Å². The van der Waals surface area contributed by atoms with Gasteiger partial charge in [0.25, 0.3) is 5.91 Å². The van der Waals surface area contributed by atoms with E-state index in [1.807, 2.05) is 54.3 Å². The number of piperidine rings is 2. The lowest BCUT2D eigenvalue weighted by Gasteiger charge is -2.47. The smallest absolute Gasteiger partial charge is 0.475 e. The van der Waals surface area contributed by atoms with Crippen LogP contribution >= 0.6 is 0 Å². The van der Waals surface area contributed by atoms with E-state index in [-0.39, 0.29) is 11.7 Å². The molecule has 2 saturated heterocycles. The number of alkyl halides is 3. The first-order chi connectivity index (χ1) is 16.5. The summed E-state index contributed by atoms with van der Waals surface area (Å²) in [4.78, 5) is 26.0. The van der Waals surface area contributed by atoms with Gasteiger partial charge in [-0.1, -0.05) is 30.3 Å². The Kier molecular flexibility index (Phi) is 8.53. The maximum Gasteiger partial charge on any atom is 0.490 e. The van der Waals surface area contributed by atoms with Crippen LogP contribution in [0.4, 0.5) is 17.6 Å². The number of carboxylic acids is 1. The molecule has 5 nitrogen and oxygen atoms in total. The van der Waals surface area contributed by atoms with Crippen LogP contribution in [-0.4, -0.2) is 59.1 Å². The quantitative estimate of drug-likeness (QED) is 0.590. The number of amides is 1. The number of carbonyl (C=O) groups excluding carboxylic acids is 1. The van der Waals surface area contributed by atoms with E-state index in [1.54, 1.807) is 0 Å². The first-order valence-corrected chi connectivity index (χ1v) is 11.6. The fourth-order valence-electron chi connectivity index (χ4n) is 4.70. The summed E-state index contributed by atoms with van der Waals surface area (Å²) in [5.74, 6) is -2.71. The number of hydrogen-bond donors (Lipinski definition) is 1. The molecule has 2 aliphatic rings. The molecule has 2 aromatic carbocycles. The van der Waals surface area contributed by atoms with E-state index < -0.39 is 12.1 Å². The molecule has 1 amide bonds. The van der Waals surface area contributed by atoms with Gasteiger partial charge in [0.1, 0.15) is 5.82 Å². The van der Waals surface area contributed by atoms with Gasteiger partial charge in [-0.05, 0) is 80.4 Å². The summed E-state index contributed by atoms with van der Waals surface area (Å²) in [6.07, 6.45) is -0.541. The van der Waals surface area contributed by atoms with Gasteiger partial charge < -0.3 is 10.0 Å². The van der Waals surface area contributed by atoms with Gasteiger partial charge >= 0.3 is 12.1 Å². The van der Waals surface area contributed by atoms with Crippen LogP contribution in [0.3, 0.4) is 0 Å². The summed E-state index contributed by atoms with van der Waals surface area (Å²) in [7, 11) is 0. The van der Waals surface area contributed by atoms with Crippen molar-refractivity contribution in [2.45, 2.75) is 45.3 Å². The van der Waals surface area contributed by atoms with Crippen LogP contribution in [0.15, 0.2) is 48.5 Å².